The first-order valence-corrected chi connectivity index (χ1v) is 6.47. The van der Waals surface area contributed by atoms with Crippen LogP contribution in [0, 0.1) is 12.8 Å². The molecule has 1 aromatic rings. The molecule has 16 heavy (non-hydrogen) atoms. The van der Waals surface area contributed by atoms with E-state index in [1.807, 2.05) is 11.3 Å². The maximum Gasteiger partial charge on any atom is 0.0305 e. The van der Waals surface area contributed by atoms with E-state index >= 15 is 0 Å². The first-order chi connectivity index (χ1) is 7.83. The van der Waals surface area contributed by atoms with Gasteiger partial charge in [-0.25, -0.2) is 0 Å². The average Bonchev–Trinajstić information content (AvgIpc) is 2.75. The Labute approximate surface area is 100 Å². The number of aryl methyl sites for hydroxylation is 1. The van der Waals surface area contributed by atoms with Gasteiger partial charge in [0.05, 0.1) is 0 Å². The van der Waals surface area contributed by atoms with Crippen LogP contribution >= 0.6 is 11.3 Å². The summed E-state index contributed by atoms with van der Waals surface area (Å²) in [7, 11) is 0. The van der Waals surface area contributed by atoms with Crippen molar-refractivity contribution < 1.29 is 0 Å². The quantitative estimate of drug-likeness (QED) is 0.661. The molecule has 0 aliphatic heterocycles. The first-order valence-electron chi connectivity index (χ1n) is 5.65. The van der Waals surface area contributed by atoms with Crippen LogP contribution in [0.1, 0.15) is 16.2 Å². The van der Waals surface area contributed by atoms with Gasteiger partial charge in [-0.3, -0.25) is 0 Å². The normalized spacial score (nSPS) is 22.7. The van der Waals surface area contributed by atoms with Gasteiger partial charge in [-0.2, -0.15) is 0 Å². The lowest BCUT2D eigenvalue weighted by Crippen LogP contribution is -2.06. The predicted molar refractivity (Wildman–Crippen MR) is 71.5 cm³/mol. The fraction of sp³-hybridized carbons (Fsp3) is 0.200. The third kappa shape index (κ3) is 1.72. The minimum Gasteiger partial charge on any atom is -0.141 e. The zero-order valence-corrected chi connectivity index (χ0v) is 10.1. The van der Waals surface area contributed by atoms with Gasteiger partial charge in [0.15, 0.2) is 0 Å². The van der Waals surface area contributed by atoms with Gasteiger partial charge in [0.25, 0.3) is 0 Å². The lowest BCUT2D eigenvalue weighted by molar-refractivity contribution is 0.794. The molecule has 0 aromatic carbocycles. The molecule has 1 unspecified atom stereocenters. The molecule has 1 heteroatoms. The molecular formula is C15H14S. The average molecular weight is 226 g/mol. The second kappa shape index (κ2) is 3.91. The summed E-state index contributed by atoms with van der Waals surface area (Å²) in [6, 6.07) is 4.45. The van der Waals surface area contributed by atoms with E-state index in [2.05, 4.69) is 55.5 Å². The molecule has 0 saturated heterocycles. The van der Waals surface area contributed by atoms with Crippen molar-refractivity contribution in [2.24, 2.45) is 5.92 Å². The molecule has 0 spiro atoms. The number of hydrogen-bond donors (Lipinski definition) is 0. The summed E-state index contributed by atoms with van der Waals surface area (Å²) in [6.07, 6.45) is 14.5. The van der Waals surface area contributed by atoms with Crippen molar-refractivity contribution in [1.29, 1.82) is 0 Å². The molecule has 2 aliphatic rings. The van der Waals surface area contributed by atoms with E-state index in [9.17, 15) is 0 Å². The molecule has 0 saturated carbocycles. The van der Waals surface area contributed by atoms with Gasteiger partial charge in [0.1, 0.15) is 0 Å². The van der Waals surface area contributed by atoms with E-state index in [0.29, 0.717) is 5.92 Å². The van der Waals surface area contributed by atoms with Gasteiger partial charge < -0.3 is 0 Å². The Morgan fingerprint density at radius 2 is 2.12 bits per heavy atom. The van der Waals surface area contributed by atoms with Crippen molar-refractivity contribution in [3.63, 3.8) is 0 Å². The van der Waals surface area contributed by atoms with Crippen LogP contribution in [0.2, 0.25) is 0 Å². The summed E-state index contributed by atoms with van der Waals surface area (Å²) in [5, 5.41) is 0. The number of rotatable bonds is 1. The second-order valence-electron chi connectivity index (χ2n) is 4.32. The summed E-state index contributed by atoms with van der Waals surface area (Å²) in [5.41, 5.74) is 2.92. The van der Waals surface area contributed by atoms with Crippen molar-refractivity contribution in [3.8, 4) is 0 Å². The minimum atomic E-state index is 0.590. The van der Waals surface area contributed by atoms with Crippen molar-refractivity contribution in [3.05, 3.63) is 63.9 Å². The SMILES string of the molecule is Cc1ccc(C2=CC=C3C=CC=CC3C2)s1. The molecule has 1 atom stereocenters. The van der Waals surface area contributed by atoms with Crippen LogP contribution in [0.5, 0.6) is 0 Å². The van der Waals surface area contributed by atoms with Gasteiger partial charge in [-0.05, 0) is 36.6 Å². The Balaban J connectivity index is 1.94. The summed E-state index contributed by atoms with van der Waals surface area (Å²) in [4.78, 5) is 2.82. The Hall–Kier alpha value is -1.34. The lowest BCUT2D eigenvalue weighted by atomic mass is 9.84. The van der Waals surface area contributed by atoms with E-state index in [1.165, 1.54) is 20.9 Å². The van der Waals surface area contributed by atoms with Crippen molar-refractivity contribution in [2.45, 2.75) is 13.3 Å². The highest BCUT2D eigenvalue weighted by atomic mass is 32.1. The molecule has 0 bridgehead atoms. The number of thiophene rings is 1. The van der Waals surface area contributed by atoms with Crippen LogP contribution < -0.4 is 0 Å². The van der Waals surface area contributed by atoms with E-state index in [1.54, 1.807) is 0 Å². The van der Waals surface area contributed by atoms with Crippen molar-refractivity contribution >= 4 is 16.9 Å². The van der Waals surface area contributed by atoms with Crippen LogP contribution in [0.25, 0.3) is 5.57 Å². The molecule has 1 aromatic heterocycles. The summed E-state index contributed by atoms with van der Waals surface area (Å²) < 4.78 is 0. The highest BCUT2D eigenvalue weighted by Crippen LogP contribution is 2.36. The van der Waals surface area contributed by atoms with Crippen LogP contribution in [0.4, 0.5) is 0 Å². The van der Waals surface area contributed by atoms with Crippen LogP contribution in [-0.2, 0) is 0 Å². The van der Waals surface area contributed by atoms with Gasteiger partial charge in [0.2, 0.25) is 0 Å². The van der Waals surface area contributed by atoms with Crippen LogP contribution in [0.15, 0.2) is 54.2 Å². The number of allylic oxidation sites excluding steroid dienone is 8. The Bertz CT molecular complexity index is 523. The predicted octanol–water partition coefficient (Wildman–Crippen LogP) is 4.51. The Morgan fingerprint density at radius 3 is 2.94 bits per heavy atom. The largest absolute Gasteiger partial charge is 0.141 e. The molecule has 0 amide bonds. The second-order valence-corrected chi connectivity index (χ2v) is 5.61. The molecule has 0 radical (unpaired) electrons. The fourth-order valence-electron chi connectivity index (χ4n) is 2.26. The minimum absolute atomic E-state index is 0.590. The first kappa shape index (κ1) is 9.86. The lowest BCUT2D eigenvalue weighted by Gasteiger charge is -2.21. The number of fused-ring (bicyclic) bond motifs is 1. The van der Waals surface area contributed by atoms with Crippen molar-refractivity contribution in [2.75, 3.05) is 0 Å². The van der Waals surface area contributed by atoms with Crippen LogP contribution in [0.3, 0.4) is 0 Å². The standard InChI is InChI=1S/C15H14S/c1-11-6-9-15(16-11)14-8-7-12-4-2-3-5-13(12)10-14/h2-9,13H,10H2,1H3. The van der Waals surface area contributed by atoms with E-state index < -0.39 is 0 Å². The van der Waals surface area contributed by atoms with E-state index in [0.717, 1.165) is 6.42 Å². The molecule has 0 nitrogen and oxygen atoms in total. The highest BCUT2D eigenvalue weighted by molar-refractivity contribution is 7.13. The molecule has 0 fully saturated rings. The summed E-state index contributed by atoms with van der Waals surface area (Å²) in [5.74, 6) is 0.590. The smallest absolute Gasteiger partial charge is 0.0305 e. The molecule has 1 heterocycles. The Kier molecular flexibility index (Phi) is 2.41. The maximum absolute atomic E-state index is 2.30. The van der Waals surface area contributed by atoms with E-state index in [4.69, 9.17) is 0 Å². The molecular weight excluding hydrogens is 212 g/mol. The van der Waals surface area contributed by atoms with E-state index in [-0.39, 0.29) is 0 Å². The monoisotopic (exact) mass is 226 g/mol. The number of hydrogen-bond acceptors (Lipinski definition) is 1. The molecule has 2 aliphatic carbocycles. The topological polar surface area (TPSA) is 0 Å². The molecule has 0 N–H and O–H groups in total. The zero-order chi connectivity index (χ0) is 11.0. The highest BCUT2D eigenvalue weighted by Gasteiger charge is 2.18. The molecule has 3 rings (SSSR count). The van der Waals surface area contributed by atoms with Gasteiger partial charge >= 0.3 is 0 Å². The van der Waals surface area contributed by atoms with Gasteiger partial charge in [0, 0.05) is 15.7 Å². The summed E-state index contributed by atoms with van der Waals surface area (Å²) in [6.45, 7) is 2.17. The van der Waals surface area contributed by atoms with Gasteiger partial charge in [-0.15, -0.1) is 11.3 Å². The summed E-state index contributed by atoms with van der Waals surface area (Å²) >= 11 is 1.89. The Morgan fingerprint density at radius 1 is 1.19 bits per heavy atom. The third-order valence-corrected chi connectivity index (χ3v) is 4.22. The van der Waals surface area contributed by atoms with Crippen LogP contribution in [-0.4, -0.2) is 0 Å². The maximum atomic E-state index is 2.30. The third-order valence-electron chi connectivity index (χ3n) is 3.15. The zero-order valence-electron chi connectivity index (χ0n) is 9.31. The molecule has 80 valence electrons. The fourth-order valence-corrected chi connectivity index (χ4v) is 3.16. The van der Waals surface area contributed by atoms with Crippen molar-refractivity contribution in [1.82, 2.24) is 0 Å². The van der Waals surface area contributed by atoms with Gasteiger partial charge in [-0.1, -0.05) is 36.5 Å².